The van der Waals surface area contributed by atoms with Crippen LogP contribution in [0.2, 0.25) is 0 Å². The average Bonchev–Trinajstić information content (AvgIpc) is 1.61. The van der Waals surface area contributed by atoms with E-state index in [0.29, 0.717) is 5.75 Å². The summed E-state index contributed by atoms with van der Waals surface area (Å²) in [7, 11) is 0. The maximum absolute atomic E-state index is 11.0. The molecule has 0 amide bonds. The smallest absolute Gasteiger partial charge is 0.128 e. The van der Waals surface area contributed by atoms with Gasteiger partial charge in [0.05, 0.1) is 6.67 Å². The standard InChI is InChI=1S/C3H6FOS/c4-1-2-6-3-5/h1-3H2. The molecule has 1 nitrogen and oxygen atoms in total. The molecule has 0 rings (SSSR count). The minimum Gasteiger partial charge on any atom is -0.250 e. The van der Waals surface area contributed by atoms with Crippen molar-refractivity contribution in [2.24, 2.45) is 0 Å². The van der Waals surface area contributed by atoms with Gasteiger partial charge >= 0.3 is 0 Å². The minimum atomic E-state index is -0.382. The Morgan fingerprint density at radius 1 is 1.67 bits per heavy atom. The fourth-order valence-corrected chi connectivity index (χ4v) is 0.340. The van der Waals surface area contributed by atoms with E-state index in [0.717, 1.165) is 11.8 Å². The van der Waals surface area contributed by atoms with E-state index in [1.54, 1.807) is 0 Å². The molecule has 0 aromatic carbocycles. The van der Waals surface area contributed by atoms with Crippen molar-refractivity contribution in [2.45, 2.75) is 0 Å². The van der Waals surface area contributed by atoms with Crippen LogP contribution in [0, 0.1) is 0 Å². The Hall–Kier alpha value is 0.240. The summed E-state index contributed by atoms with van der Waals surface area (Å²) in [4.78, 5) is 0. The van der Waals surface area contributed by atoms with Crippen molar-refractivity contribution in [1.82, 2.24) is 0 Å². The van der Waals surface area contributed by atoms with Gasteiger partial charge in [-0.1, -0.05) is 0 Å². The molecule has 0 spiro atoms. The van der Waals surface area contributed by atoms with Gasteiger partial charge in [0.25, 0.3) is 0 Å². The lowest BCUT2D eigenvalue weighted by atomic mass is 10.9. The SMILES string of the molecule is [O]CSCCF. The number of halogens is 1. The van der Waals surface area contributed by atoms with E-state index >= 15 is 0 Å². The molecule has 0 saturated heterocycles. The van der Waals surface area contributed by atoms with Crippen LogP contribution < -0.4 is 0 Å². The third-order valence-corrected chi connectivity index (χ3v) is 0.914. The van der Waals surface area contributed by atoms with Gasteiger partial charge in [-0.15, -0.1) is 11.8 Å². The van der Waals surface area contributed by atoms with E-state index in [4.69, 9.17) is 0 Å². The molecule has 0 aliphatic carbocycles. The summed E-state index contributed by atoms with van der Waals surface area (Å²) >= 11 is 1.08. The largest absolute Gasteiger partial charge is 0.250 e. The molecular formula is C3H6FOS. The molecule has 6 heavy (non-hydrogen) atoms. The first kappa shape index (κ1) is 6.24. The fraction of sp³-hybridized carbons (Fsp3) is 1.00. The second-order valence-corrected chi connectivity index (χ2v) is 1.77. The van der Waals surface area contributed by atoms with Gasteiger partial charge in [0, 0.05) is 5.75 Å². The quantitative estimate of drug-likeness (QED) is 0.392. The van der Waals surface area contributed by atoms with E-state index in [1.807, 2.05) is 0 Å². The minimum absolute atomic E-state index is 0.218. The lowest BCUT2D eigenvalue weighted by Gasteiger charge is -1.82. The van der Waals surface area contributed by atoms with Crippen LogP contribution in [-0.2, 0) is 5.11 Å². The molecule has 0 unspecified atom stereocenters. The lowest BCUT2D eigenvalue weighted by molar-refractivity contribution is 0.260. The third kappa shape index (κ3) is 4.24. The maximum Gasteiger partial charge on any atom is 0.128 e. The van der Waals surface area contributed by atoms with Gasteiger partial charge in [-0.3, -0.25) is 4.39 Å². The summed E-state index contributed by atoms with van der Waals surface area (Å²) in [6.45, 7) is -0.382. The van der Waals surface area contributed by atoms with Gasteiger partial charge in [-0.25, -0.2) is 5.11 Å². The zero-order valence-electron chi connectivity index (χ0n) is 3.32. The normalized spacial score (nSPS) is 9.00. The summed E-state index contributed by atoms with van der Waals surface area (Å²) in [6, 6.07) is 0. The number of hydrogen-bond donors (Lipinski definition) is 0. The van der Waals surface area contributed by atoms with Crippen molar-refractivity contribution in [3.05, 3.63) is 0 Å². The molecule has 0 saturated carbocycles. The van der Waals surface area contributed by atoms with Gasteiger partial charge < -0.3 is 0 Å². The van der Waals surface area contributed by atoms with E-state index in [1.165, 1.54) is 0 Å². The van der Waals surface area contributed by atoms with Crippen LogP contribution in [0.1, 0.15) is 0 Å². The van der Waals surface area contributed by atoms with Gasteiger partial charge in [0.2, 0.25) is 0 Å². The Kier molecular flexibility index (Phi) is 5.45. The highest BCUT2D eigenvalue weighted by Gasteiger charge is 1.80. The molecule has 0 aliphatic rings. The Balaban J connectivity index is 2.34. The van der Waals surface area contributed by atoms with Gasteiger partial charge in [-0.05, 0) is 0 Å². The molecule has 0 fully saturated rings. The van der Waals surface area contributed by atoms with Crippen LogP contribution in [0.5, 0.6) is 0 Å². The van der Waals surface area contributed by atoms with E-state index < -0.39 is 0 Å². The van der Waals surface area contributed by atoms with Crippen molar-refractivity contribution >= 4 is 11.8 Å². The summed E-state index contributed by atoms with van der Waals surface area (Å²) in [5.74, 6) is 0.132. The second kappa shape index (κ2) is 5.24. The predicted molar refractivity (Wildman–Crippen MR) is 24.0 cm³/mol. The van der Waals surface area contributed by atoms with Crippen LogP contribution in [0.15, 0.2) is 0 Å². The summed E-state index contributed by atoms with van der Waals surface area (Å²) < 4.78 is 11.0. The van der Waals surface area contributed by atoms with Crippen LogP contribution in [0.4, 0.5) is 4.39 Å². The van der Waals surface area contributed by atoms with Gasteiger partial charge in [0.15, 0.2) is 0 Å². The number of alkyl halides is 1. The summed E-state index contributed by atoms with van der Waals surface area (Å²) in [5, 5.41) is 9.49. The summed E-state index contributed by atoms with van der Waals surface area (Å²) in [5.41, 5.74) is 0. The topological polar surface area (TPSA) is 19.9 Å². The zero-order valence-corrected chi connectivity index (χ0v) is 4.13. The predicted octanol–water partition coefficient (Wildman–Crippen LogP) is 1.08. The van der Waals surface area contributed by atoms with Crippen molar-refractivity contribution < 1.29 is 9.50 Å². The molecule has 0 aromatic rings. The highest BCUT2D eigenvalue weighted by Crippen LogP contribution is 1.94. The van der Waals surface area contributed by atoms with Crippen molar-refractivity contribution in [3.63, 3.8) is 0 Å². The highest BCUT2D eigenvalue weighted by molar-refractivity contribution is 7.99. The molecule has 0 aromatic heterocycles. The first-order valence-electron chi connectivity index (χ1n) is 1.63. The Morgan fingerprint density at radius 2 is 2.33 bits per heavy atom. The van der Waals surface area contributed by atoms with Crippen LogP contribution in [-0.4, -0.2) is 18.4 Å². The molecular weight excluding hydrogens is 103 g/mol. The van der Waals surface area contributed by atoms with Gasteiger partial charge in [-0.2, -0.15) is 0 Å². The fourth-order valence-electron chi connectivity index (χ4n) is 0.113. The molecule has 1 radical (unpaired) electrons. The monoisotopic (exact) mass is 109 g/mol. The van der Waals surface area contributed by atoms with Crippen LogP contribution in [0.25, 0.3) is 0 Å². The van der Waals surface area contributed by atoms with Crippen molar-refractivity contribution in [2.75, 3.05) is 18.4 Å². The molecule has 0 aliphatic heterocycles. The average molecular weight is 109 g/mol. The molecule has 0 heterocycles. The van der Waals surface area contributed by atoms with Gasteiger partial charge in [0.1, 0.15) is 5.94 Å². The molecule has 0 N–H and O–H groups in total. The van der Waals surface area contributed by atoms with E-state index in [-0.39, 0.29) is 12.6 Å². The second-order valence-electron chi connectivity index (χ2n) is 0.715. The van der Waals surface area contributed by atoms with Crippen molar-refractivity contribution in [1.29, 1.82) is 0 Å². The zero-order chi connectivity index (χ0) is 4.83. The number of thioether (sulfide) groups is 1. The van der Waals surface area contributed by atoms with Crippen molar-refractivity contribution in [3.8, 4) is 0 Å². The first-order chi connectivity index (χ1) is 2.91. The molecule has 37 valence electrons. The molecule has 0 atom stereocenters. The molecule has 0 bridgehead atoms. The van der Waals surface area contributed by atoms with Crippen LogP contribution in [0.3, 0.4) is 0 Å². The highest BCUT2D eigenvalue weighted by atomic mass is 32.2. The van der Waals surface area contributed by atoms with E-state index in [9.17, 15) is 9.50 Å². The Morgan fingerprint density at radius 3 is 2.50 bits per heavy atom. The lowest BCUT2D eigenvalue weighted by Crippen LogP contribution is -1.79. The number of hydrogen-bond acceptors (Lipinski definition) is 1. The summed E-state index contributed by atoms with van der Waals surface area (Å²) in [6.07, 6.45) is 0. The first-order valence-corrected chi connectivity index (χ1v) is 2.79. The maximum atomic E-state index is 11.0. The third-order valence-electron chi connectivity index (χ3n) is 0.305. The Bertz CT molecular complexity index is 22.8. The van der Waals surface area contributed by atoms with E-state index in [2.05, 4.69) is 0 Å². The molecule has 3 heteroatoms. The number of rotatable bonds is 3. The Labute approximate surface area is 40.6 Å². The van der Waals surface area contributed by atoms with Crippen LogP contribution >= 0.6 is 11.8 Å².